The smallest absolute Gasteiger partial charge is 0.338 e. The highest BCUT2D eigenvalue weighted by atomic mass is 79.9. The van der Waals surface area contributed by atoms with Crippen LogP contribution in [0.5, 0.6) is 0 Å². The van der Waals surface area contributed by atoms with Crippen molar-refractivity contribution in [2.75, 3.05) is 6.61 Å². The normalized spacial score (nSPS) is 11.7. The first-order valence-corrected chi connectivity index (χ1v) is 8.47. The maximum atomic E-state index is 11.9. The van der Waals surface area contributed by atoms with Crippen molar-refractivity contribution in [3.63, 3.8) is 0 Å². The summed E-state index contributed by atoms with van der Waals surface area (Å²) in [5.41, 5.74) is 0.783. The lowest BCUT2D eigenvalue weighted by atomic mass is 10.1. The van der Waals surface area contributed by atoms with Gasteiger partial charge in [0.15, 0.2) is 0 Å². The number of esters is 1. The van der Waals surface area contributed by atoms with Gasteiger partial charge in [0, 0.05) is 4.47 Å². The number of primary sulfonamides is 1. The van der Waals surface area contributed by atoms with Gasteiger partial charge in [0.1, 0.15) is 0 Å². The third-order valence-electron chi connectivity index (χ3n) is 2.69. The Morgan fingerprint density at radius 3 is 2.50 bits per heavy atom. The van der Waals surface area contributed by atoms with Gasteiger partial charge in [0.25, 0.3) is 0 Å². The van der Waals surface area contributed by atoms with Crippen LogP contribution in [0.2, 0.25) is 0 Å². The van der Waals surface area contributed by atoms with Crippen LogP contribution in [0.4, 0.5) is 0 Å². The molecule has 1 aromatic rings. The number of benzene rings is 1. The van der Waals surface area contributed by atoms with Gasteiger partial charge in [0.2, 0.25) is 10.0 Å². The topological polar surface area (TPSA) is 86.5 Å². The van der Waals surface area contributed by atoms with Gasteiger partial charge < -0.3 is 4.74 Å². The second-order valence-electron chi connectivity index (χ2n) is 4.97. The number of hydrogen-bond acceptors (Lipinski definition) is 4. The first-order chi connectivity index (χ1) is 9.12. The van der Waals surface area contributed by atoms with Gasteiger partial charge in [-0.15, -0.1) is 0 Å². The number of ether oxygens (including phenoxy) is 1. The summed E-state index contributed by atoms with van der Waals surface area (Å²) in [6.45, 7) is 6.04. The fourth-order valence-electron chi connectivity index (χ4n) is 1.53. The fourth-order valence-corrected chi connectivity index (χ4v) is 3.14. The predicted molar refractivity (Wildman–Crippen MR) is 80.0 cm³/mol. The molecule has 0 amide bonds. The van der Waals surface area contributed by atoms with Gasteiger partial charge in [-0.3, -0.25) is 0 Å². The van der Waals surface area contributed by atoms with Gasteiger partial charge in [-0.05, 0) is 52.9 Å². The predicted octanol–water partition coefficient (Wildman–Crippen LogP) is 2.61. The maximum Gasteiger partial charge on any atom is 0.338 e. The molecule has 2 N–H and O–H groups in total. The van der Waals surface area contributed by atoms with Gasteiger partial charge in [0.05, 0.1) is 17.1 Å². The number of nitrogens with two attached hydrogens (primary N) is 1. The number of rotatable bonds is 5. The minimum atomic E-state index is -3.90. The molecular formula is C13H18BrNO4S. The number of halogens is 1. The molecule has 0 heterocycles. The number of sulfonamides is 1. The molecule has 0 bridgehead atoms. The van der Waals surface area contributed by atoms with Crippen molar-refractivity contribution in [1.82, 2.24) is 0 Å². The number of carbonyl (C=O) groups is 1. The Morgan fingerprint density at radius 1 is 1.40 bits per heavy atom. The second-order valence-corrected chi connectivity index (χ2v) is 7.29. The molecule has 0 aliphatic carbocycles. The molecule has 0 aliphatic rings. The summed E-state index contributed by atoms with van der Waals surface area (Å²) in [6.07, 6.45) is 0.753. The minimum absolute atomic E-state index is 0.117. The van der Waals surface area contributed by atoms with Crippen LogP contribution in [0.25, 0.3) is 0 Å². The molecular weight excluding hydrogens is 346 g/mol. The Balaban J connectivity index is 3.03. The zero-order chi connectivity index (χ0) is 15.5. The van der Waals surface area contributed by atoms with E-state index < -0.39 is 16.0 Å². The van der Waals surface area contributed by atoms with E-state index in [1.54, 1.807) is 13.0 Å². The number of aryl methyl sites for hydroxylation is 1. The van der Waals surface area contributed by atoms with Crippen molar-refractivity contribution in [1.29, 1.82) is 0 Å². The molecule has 0 saturated carbocycles. The summed E-state index contributed by atoms with van der Waals surface area (Å²) in [4.78, 5) is 11.8. The van der Waals surface area contributed by atoms with Gasteiger partial charge in [-0.25, -0.2) is 18.4 Å². The highest BCUT2D eigenvalue weighted by Crippen LogP contribution is 2.26. The summed E-state index contributed by atoms with van der Waals surface area (Å²) >= 11 is 3.16. The summed E-state index contributed by atoms with van der Waals surface area (Å²) in [5, 5.41) is 5.13. The molecule has 0 atom stereocenters. The molecule has 20 heavy (non-hydrogen) atoms. The van der Waals surface area contributed by atoms with Crippen molar-refractivity contribution in [3.8, 4) is 0 Å². The average Bonchev–Trinajstić information content (AvgIpc) is 2.30. The van der Waals surface area contributed by atoms with Crippen molar-refractivity contribution in [2.45, 2.75) is 32.1 Å². The number of carbonyl (C=O) groups excluding carboxylic acids is 1. The quantitative estimate of drug-likeness (QED) is 0.814. The lowest BCUT2D eigenvalue weighted by molar-refractivity contribution is 0.0487. The Labute approximate surface area is 127 Å². The lowest BCUT2D eigenvalue weighted by Crippen LogP contribution is -2.15. The van der Waals surface area contributed by atoms with Gasteiger partial charge in [-0.1, -0.05) is 13.8 Å². The summed E-state index contributed by atoms with van der Waals surface area (Å²) in [7, 11) is -3.90. The van der Waals surface area contributed by atoms with E-state index in [2.05, 4.69) is 15.9 Å². The Hall–Kier alpha value is -0.920. The van der Waals surface area contributed by atoms with Crippen LogP contribution in [0.1, 0.15) is 36.2 Å². The standard InChI is InChI=1S/C13H18BrNO4S/c1-8(2)4-5-19-13(16)10-6-9(3)12(14)11(7-10)20(15,17)18/h6-8H,4-5H2,1-3H3,(H2,15,17,18). The zero-order valence-electron chi connectivity index (χ0n) is 11.6. The molecule has 5 nitrogen and oxygen atoms in total. The molecule has 0 unspecified atom stereocenters. The summed E-state index contributed by atoms with van der Waals surface area (Å²) < 4.78 is 28.4. The number of hydrogen-bond donors (Lipinski definition) is 1. The molecule has 0 aliphatic heterocycles. The highest BCUT2D eigenvalue weighted by Gasteiger charge is 2.19. The van der Waals surface area contributed by atoms with E-state index in [1.807, 2.05) is 13.8 Å². The maximum absolute atomic E-state index is 11.9. The van der Waals surface area contributed by atoms with E-state index in [1.165, 1.54) is 6.07 Å². The molecule has 1 aromatic carbocycles. The molecule has 0 radical (unpaired) electrons. The zero-order valence-corrected chi connectivity index (χ0v) is 14.0. The summed E-state index contributed by atoms with van der Waals surface area (Å²) in [5.74, 6) is -0.124. The highest BCUT2D eigenvalue weighted by molar-refractivity contribution is 9.10. The molecule has 0 aromatic heterocycles. The van der Waals surface area contributed by atoms with E-state index in [4.69, 9.17) is 9.88 Å². The fraction of sp³-hybridized carbons (Fsp3) is 0.462. The van der Waals surface area contributed by atoms with E-state index in [9.17, 15) is 13.2 Å². The van der Waals surface area contributed by atoms with E-state index in [-0.39, 0.29) is 10.5 Å². The molecule has 112 valence electrons. The van der Waals surface area contributed by atoms with Crippen LogP contribution in [0.15, 0.2) is 21.5 Å². The van der Waals surface area contributed by atoms with Gasteiger partial charge >= 0.3 is 5.97 Å². The van der Waals surface area contributed by atoms with Crippen molar-refractivity contribution < 1.29 is 17.9 Å². The largest absolute Gasteiger partial charge is 0.462 e. The first kappa shape index (κ1) is 17.1. The van der Waals surface area contributed by atoms with Gasteiger partial charge in [-0.2, -0.15) is 0 Å². The molecule has 1 rings (SSSR count). The van der Waals surface area contributed by atoms with Crippen LogP contribution < -0.4 is 5.14 Å². The van der Waals surface area contributed by atoms with Crippen LogP contribution in [-0.2, 0) is 14.8 Å². The third-order valence-corrected chi connectivity index (χ3v) is 4.94. The SMILES string of the molecule is Cc1cc(C(=O)OCCC(C)C)cc(S(N)(=O)=O)c1Br. The van der Waals surface area contributed by atoms with Crippen molar-refractivity contribution >= 4 is 31.9 Å². The van der Waals surface area contributed by atoms with Crippen molar-refractivity contribution in [3.05, 3.63) is 27.7 Å². The lowest BCUT2D eigenvalue weighted by Gasteiger charge is -2.10. The average molecular weight is 364 g/mol. The van der Waals surface area contributed by atoms with E-state index in [0.717, 1.165) is 6.42 Å². The van der Waals surface area contributed by atoms with E-state index in [0.29, 0.717) is 22.6 Å². The Kier molecular flexibility index (Phi) is 5.73. The van der Waals surface area contributed by atoms with Crippen LogP contribution in [-0.4, -0.2) is 21.0 Å². The molecule has 0 fully saturated rings. The monoisotopic (exact) mass is 363 g/mol. The first-order valence-electron chi connectivity index (χ1n) is 6.13. The second kappa shape index (κ2) is 6.69. The van der Waals surface area contributed by atoms with Crippen LogP contribution in [0, 0.1) is 12.8 Å². The van der Waals surface area contributed by atoms with E-state index >= 15 is 0 Å². The molecule has 7 heteroatoms. The molecule has 0 saturated heterocycles. The summed E-state index contributed by atoms with van der Waals surface area (Å²) in [6, 6.07) is 2.79. The Bertz CT molecular complexity index is 611. The van der Waals surface area contributed by atoms with Crippen molar-refractivity contribution in [2.24, 2.45) is 11.1 Å². The van der Waals surface area contributed by atoms with Crippen LogP contribution in [0.3, 0.4) is 0 Å². The third kappa shape index (κ3) is 4.57. The minimum Gasteiger partial charge on any atom is -0.462 e. The molecule has 0 spiro atoms. The van der Waals surface area contributed by atoms with Crippen LogP contribution >= 0.6 is 15.9 Å². The Morgan fingerprint density at radius 2 is 2.00 bits per heavy atom.